The molecule has 138 valence electrons. The van der Waals surface area contributed by atoms with Crippen molar-refractivity contribution in [2.75, 3.05) is 6.61 Å². The van der Waals surface area contributed by atoms with Crippen molar-refractivity contribution in [1.29, 1.82) is 0 Å². The van der Waals surface area contributed by atoms with Gasteiger partial charge in [0, 0.05) is 5.41 Å². The lowest BCUT2D eigenvalue weighted by atomic mass is 9.44. The third-order valence-electron chi connectivity index (χ3n) is 9.52. The Balaban J connectivity index is 1.64. The molecule has 0 spiro atoms. The molecule has 0 radical (unpaired) electrons. The molecular weight excluding hydrogens is 300 g/mol. The summed E-state index contributed by atoms with van der Waals surface area (Å²) in [6.45, 7) is 4.45. The van der Waals surface area contributed by atoms with Gasteiger partial charge in [-0.05, 0) is 80.5 Å². The van der Waals surface area contributed by atoms with Gasteiger partial charge in [0.2, 0.25) is 0 Å². The van der Waals surface area contributed by atoms with E-state index in [2.05, 4.69) is 13.8 Å². The van der Waals surface area contributed by atoms with Crippen LogP contribution in [0.1, 0.15) is 78.1 Å². The van der Waals surface area contributed by atoms with Gasteiger partial charge in [0.15, 0.2) is 0 Å². The summed E-state index contributed by atoms with van der Waals surface area (Å²) in [7, 11) is 0. The number of aliphatic hydroxyl groups excluding tert-OH is 2. The molecule has 4 fully saturated rings. The highest BCUT2D eigenvalue weighted by Gasteiger charge is 2.65. The van der Waals surface area contributed by atoms with Crippen LogP contribution in [0, 0.1) is 34.5 Å². The molecule has 0 amide bonds. The number of rotatable bonds is 2. The highest BCUT2D eigenvalue weighted by Crippen LogP contribution is 2.68. The summed E-state index contributed by atoms with van der Waals surface area (Å²) in [5.74, 6) is 2.95. The summed E-state index contributed by atoms with van der Waals surface area (Å²) in [4.78, 5) is 0. The number of aliphatic hydroxyl groups is 3. The molecule has 4 rings (SSSR count). The van der Waals surface area contributed by atoms with Crippen LogP contribution in [0.25, 0.3) is 0 Å². The van der Waals surface area contributed by atoms with Crippen molar-refractivity contribution in [3.05, 3.63) is 0 Å². The smallest absolute Gasteiger partial charge is 0.106 e. The first kappa shape index (κ1) is 17.3. The van der Waals surface area contributed by atoms with Crippen molar-refractivity contribution in [3.8, 4) is 0 Å². The van der Waals surface area contributed by atoms with E-state index in [-0.39, 0.29) is 12.0 Å². The molecule has 3 nitrogen and oxygen atoms in total. The van der Waals surface area contributed by atoms with E-state index in [1.54, 1.807) is 0 Å². The third-order valence-corrected chi connectivity index (χ3v) is 9.52. The Bertz CT molecular complexity index is 493. The quantitative estimate of drug-likeness (QED) is 0.723. The van der Waals surface area contributed by atoms with Crippen molar-refractivity contribution >= 4 is 0 Å². The monoisotopic (exact) mass is 336 g/mol. The fourth-order valence-corrected chi connectivity index (χ4v) is 8.04. The Morgan fingerprint density at radius 2 is 1.67 bits per heavy atom. The highest BCUT2D eigenvalue weighted by molar-refractivity contribution is 5.15. The molecule has 24 heavy (non-hydrogen) atoms. The van der Waals surface area contributed by atoms with Crippen LogP contribution in [0.15, 0.2) is 0 Å². The average Bonchev–Trinajstić information content (AvgIpc) is 2.86. The number of hydrogen-bond donors (Lipinski definition) is 3. The molecule has 0 aromatic heterocycles. The van der Waals surface area contributed by atoms with E-state index in [4.69, 9.17) is 0 Å². The lowest BCUT2D eigenvalue weighted by Gasteiger charge is -2.61. The van der Waals surface area contributed by atoms with Crippen molar-refractivity contribution in [2.24, 2.45) is 34.5 Å². The second-order valence-electron chi connectivity index (χ2n) is 10.0. The lowest BCUT2D eigenvalue weighted by molar-refractivity contribution is -0.193. The Morgan fingerprint density at radius 3 is 2.42 bits per heavy atom. The summed E-state index contributed by atoms with van der Waals surface area (Å²) in [6, 6.07) is 0. The highest BCUT2D eigenvalue weighted by atomic mass is 16.4. The van der Waals surface area contributed by atoms with Gasteiger partial charge in [-0.15, -0.1) is 0 Å². The molecule has 0 heterocycles. The van der Waals surface area contributed by atoms with E-state index in [1.165, 1.54) is 44.9 Å². The van der Waals surface area contributed by atoms with Gasteiger partial charge in [0.1, 0.15) is 6.10 Å². The maximum Gasteiger partial charge on any atom is 0.106 e. The molecule has 4 aliphatic rings. The third kappa shape index (κ3) is 2.07. The molecule has 3 heteroatoms. The van der Waals surface area contributed by atoms with E-state index >= 15 is 0 Å². The summed E-state index contributed by atoms with van der Waals surface area (Å²) < 4.78 is 0. The number of hydrogen-bond acceptors (Lipinski definition) is 3. The number of fused-ring (bicyclic) bond motifs is 5. The van der Waals surface area contributed by atoms with Crippen LogP contribution in [-0.4, -0.2) is 33.6 Å². The van der Waals surface area contributed by atoms with Gasteiger partial charge in [-0.3, -0.25) is 0 Å². The Hall–Kier alpha value is -0.120. The molecule has 0 unspecified atom stereocenters. The van der Waals surface area contributed by atoms with E-state index in [0.717, 1.165) is 24.7 Å². The van der Waals surface area contributed by atoms with Crippen LogP contribution < -0.4 is 0 Å². The van der Waals surface area contributed by atoms with Crippen LogP contribution in [-0.2, 0) is 0 Å². The minimum atomic E-state index is -1.10. The average molecular weight is 337 g/mol. The topological polar surface area (TPSA) is 60.7 Å². The molecule has 8 atom stereocenters. The Labute approximate surface area is 146 Å². The zero-order valence-corrected chi connectivity index (χ0v) is 15.5. The summed E-state index contributed by atoms with van der Waals surface area (Å²) in [6.07, 6.45) is 11.2. The predicted octanol–water partition coefficient (Wildman–Crippen LogP) is 3.50. The second-order valence-corrected chi connectivity index (χ2v) is 10.0. The van der Waals surface area contributed by atoms with Crippen molar-refractivity contribution < 1.29 is 15.3 Å². The standard InChI is InChI=1S/C21H36O3/c1-19-10-4-3-5-14(19)6-7-15-16(19)8-11-20(2)17(15)9-12-21(20,24)18(23)13-22/h14-18,22-24H,3-13H2,1-2H3/t14-,15-,16+,17+,18+,19+,20-,21+/m1/s1. The zero-order valence-electron chi connectivity index (χ0n) is 15.5. The molecule has 0 aliphatic heterocycles. The molecule has 4 saturated carbocycles. The Morgan fingerprint density at radius 1 is 0.917 bits per heavy atom. The van der Waals surface area contributed by atoms with Gasteiger partial charge >= 0.3 is 0 Å². The molecule has 0 saturated heterocycles. The van der Waals surface area contributed by atoms with Gasteiger partial charge in [-0.2, -0.15) is 0 Å². The van der Waals surface area contributed by atoms with Gasteiger partial charge in [0.25, 0.3) is 0 Å². The minimum Gasteiger partial charge on any atom is -0.394 e. The van der Waals surface area contributed by atoms with Crippen LogP contribution in [0.5, 0.6) is 0 Å². The van der Waals surface area contributed by atoms with Gasteiger partial charge in [0.05, 0.1) is 12.2 Å². The zero-order chi connectivity index (χ0) is 17.2. The summed E-state index contributed by atoms with van der Waals surface area (Å²) in [5.41, 5.74) is -0.811. The lowest BCUT2D eigenvalue weighted by Crippen LogP contribution is -2.60. The summed E-state index contributed by atoms with van der Waals surface area (Å²) >= 11 is 0. The minimum absolute atomic E-state index is 0.228. The SMILES string of the molecule is C[C@]12CCCC[C@@H]1CC[C@@H]1[C@@H]2CC[C@]2(C)[C@H]1CC[C@]2(O)[C@@H](O)CO. The molecule has 0 aromatic carbocycles. The fraction of sp³-hybridized carbons (Fsp3) is 1.00. The van der Waals surface area contributed by atoms with Gasteiger partial charge in [-0.25, -0.2) is 0 Å². The van der Waals surface area contributed by atoms with Crippen molar-refractivity contribution in [2.45, 2.75) is 89.8 Å². The Kier molecular flexibility index (Phi) is 4.10. The fourth-order valence-electron chi connectivity index (χ4n) is 8.04. The normalized spacial score (nSPS) is 55.4. The maximum atomic E-state index is 11.3. The molecule has 3 N–H and O–H groups in total. The van der Waals surface area contributed by atoms with E-state index in [0.29, 0.717) is 23.7 Å². The van der Waals surface area contributed by atoms with Crippen LogP contribution in [0.2, 0.25) is 0 Å². The maximum absolute atomic E-state index is 11.3. The molecule has 4 aliphatic carbocycles. The molecule has 0 bridgehead atoms. The van der Waals surface area contributed by atoms with E-state index in [9.17, 15) is 15.3 Å². The van der Waals surface area contributed by atoms with Crippen LogP contribution in [0.4, 0.5) is 0 Å². The first-order valence-corrected chi connectivity index (χ1v) is 10.4. The van der Waals surface area contributed by atoms with Gasteiger partial charge in [-0.1, -0.05) is 26.7 Å². The summed E-state index contributed by atoms with van der Waals surface area (Å²) in [5, 5.41) is 31.1. The second kappa shape index (κ2) is 5.69. The molecule has 0 aromatic rings. The first-order chi connectivity index (χ1) is 11.4. The van der Waals surface area contributed by atoms with Gasteiger partial charge < -0.3 is 15.3 Å². The van der Waals surface area contributed by atoms with Crippen molar-refractivity contribution in [3.63, 3.8) is 0 Å². The first-order valence-electron chi connectivity index (χ1n) is 10.4. The van der Waals surface area contributed by atoms with Crippen molar-refractivity contribution in [1.82, 2.24) is 0 Å². The molecular formula is C21H36O3. The largest absolute Gasteiger partial charge is 0.394 e. The van der Waals surface area contributed by atoms with Crippen LogP contribution in [0.3, 0.4) is 0 Å². The van der Waals surface area contributed by atoms with Crippen LogP contribution >= 0.6 is 0 Å². The predicted molar refractivity (Wildman–Crippen MR) is 94.4 cm³/mol. The van der Waals surface area contributed by atoms with E-state index in [1.807, 2.05) is 0 Å². The van der Waals surface area contributed by atoms with E-state index < -0.39 is 11.7 Å².